The molecule has 1 aromatic heterocycles. The van der Waals surface area contributed by atoms with Crippen LogP contribution in [0.2, 0.25) is 10.0 Å². The summed E-state index contributed by atoms with van der Waals surface area (Å²) in [4.78, 5) is 11.9. The zero-order valence-electron chi connectivity index (χ0n) is 11.5. The summed E-state index contributed by atoms with van der Waals surface area (Å²) in [5, 5.41) is 11.5. The lowest BCUT2D eigenvalue weighted by atomic mass is 10.1. The number of aromatic nitrogens is 2. The van der Waals surface area contributed by atoms with E-state index in [2.05, 4.69) is 20.7 Å². The largest absolute Gasteiger partial charge is 0.291 e. The van der Waals surface area contributed by atoms with Crippen LogP contribution in [0.3, 0.4) is 0 Å². The summed E-state index contributed by atoms with van der Waals surface area (Å²) in [7, 11) is 0. The van der Waals surface area contributed by atoms with Crippen LogP contribution >= 0.6 is 23.2 Å². The average Bonchev–Trinajstić information content (AvgIpc) is 2.92. The minimum Gasteiger partial charge on any atom is -0.282 e. The molecule has 7 heteroatoms. The number of halogens is 2. The number of nitrogens with one attached hydrogen (secondary N) is 2. The molecule has 0 bridgehead atoms. The molecule has 110 valence electrons. The second-order valence-electron chi connectivity index (χ2n) is 4.70. The molecule has 0 unspecified atom stereocenters. The molecule has 0 saturated heterocycles. The van der Waals surface area contributed by atoms with Gasteiger partial charge in [-0.3, -0.25) is 9.89 Å². The van der Waals surface area contributed by atoms with E-state index in [0.717, 1.165) is 5.69 Å². The number of aromatic amines is 1. The maximum absolute atomic E-state index is 11.9. The van der Waals surface area contributed by atoms with E-state index in [0.29, 0.717) is 15.6 Å². The van der Waals surface area contributed by atoms with E-state index >= 15 is 0 Å². The van der Waals surface area contributed by atoms with E-state index in [4.69, 9.17) is 23.2 Å². The molecule has 21 heavy (non-hydrogen) atoms. The van der Waals surface area contributed by atoms with Gasteiger partial charge in [-0.2, -0.15) is 10.2 Å². The van der Waals surface area contributed by atoms with Gasteiger partial charge < -0.3 is 0 Å². The highest BCUT2D eigenvalue weighted by Gasteiger charge is 2.11. The maximum atomic E-state index is 11.9. The summed E-state index contributed by atoms with van der Waals surface area (Å²) < 4.78 is 0. The summed E-state index contributed by atoms with van der Waals surface area (Å²) in [5.74, 6) is -0.137. The van der Waals surface area contributed by atoms with Gasteiger partial charge in [0.25, 0.3) is 5.91 Å². The Labute approximate surface area is 132 Å². The minimum absolute atomic E-state index is 0.268. The molecule has 2 rings (SSSR count). The van der Waals surface area contributed by atoms with Crippen molar-refractivity contribution in [2.24, 2.45) is 5.10 Å². The Morgan fingerprint density at radius 2 is 2.05 bits per heavy atom. The predicted octanol–water partition coefficient (Wildman–Crippen LogP) is 3.60. The molecule has 2 N–H and O–H groups in total. The highest BCUT2D eigenvalue weighted by Crippen LogP contribution is 2.22. The van der Waals surface area contributed by atoms with Crippen molar-refractivity contribution in [2.45, 2.75) is 19.8 Å². The smallest absolute Gasteiger partial charge is 0.282 e. The summed E-state index contributed by atoms with van der Waals surface area (Å²) in [6.07, 6.45) is 1.40. The van der Waals surface area contributed by atoms with Crippen LogP contribution in [0.1, 0.15) is 41.5 Å². The van der Waals surface area contributed by atoms with E-state index in [9.17, 15) is 4.79 Å². The van der Waals surface area contributed by atoms with Gasteiger partial charge in [-0.25, -0.2) is 5.43 Å². The summed E-state index contributed by atoms with van der Waals surface area (Å²) in [6.45, 7) is 4.01. The highest BCUT2D eigenvalue weighted by atomic mass is 35.5. The molecular formula is C14H14Cl2N4O. The molecule has 0 spiro atoms. The first kappa shape index (κ1) is 15.5. The Bertz CT molecular complexity index is 659. The van der Waals surface area contributed by atoms with Crippen molar-refractivity contribution in [3.63, 3.8) is 0 Å². The summed E-state index contributed by atoms with van der Waals surface area (Å²) in [6, 6.07) is 6.81. The van der Waals surface area contributed by atoms with Gasteiger partial charge >= 0.3 is 0 Å². The molecule has 1 amide bonds. The number of hydrazone groups is 1. The second kappa shape index (κ2) is 6.74. The molecular weight excluding hydrogens is 311 g/mol. The van der Waals surface area contributed by atoms with Gasteiger partial charge in [-0.05, 0) is 24.1 Å². The monoisotopic (exact) mass is 324 g/mol. The molecule has 1 heterocycles. The number of H-pyrrole nitrogens is 1. The topological polar surface area (TPSA) is 70.1 Å². The Hall–Kier alpha value is -1.85. The lowest BCUT2D eigenvalue weighted by Gasteiger charge is -2.00. The van der Waals surface area contributed by atoms with Gasteiger partial charge in [0.2, 0.25) is 0 Å². The fourth-order valence-corrected chi connectivity index (χ4v) is 2.09. The van der Waals surface area contributed by atoms with Crippen LogP contribution in [0, 0.1) is 0 Å². The summed E-state index contributed by atoms with van der Waals surface area (Å²) >= 11 is 12.0. The normalized spacial score (nSPS) is 11.3. The quantitative estimate of drug-likeness (QED) is 0.666. The van der Waals surface area contributed by atoms with Crippen LogP contribution in [-0.2, 0) is 0 Å². The Kier molecular flexibility index (Phi) is 4.98. The molecule has 0 aliphatic heterocycles. The van der Waals surface area contributed by atoms with E-state index in [1.807, 2.05) is 13.8 Å². The number of carbonyl (C=O) groups is 1. The van der Waals surface area contributed by atoms with Crippen LogP contribution in [0.4, 0.5) is 0 Å². The van der Waals surface area contributed by atoms with Crippen LogP contribution in [0.25, 0.3) is 0 Å². The molecule has 5 nitrogen and oxygen atoms in total. The number of benzene rings is 1. The number of carbonyl (C=O) groups excluding carboxylic acids is 1. The van der Waals surface area contributed by atoms with E-state index in [1.165, 1.54) is 6.21 Å². The fourth-order valence-electron chi connectivity index (χ4n) is 1.60. The number of hydrogen-bond acceptors (Lipinski definition) is 3. The first-order chi connectivity index (χ1) is 9.99. The van der Waals surface area contributed by atoms with Crippen molar-refractivity contribution >= 4 is 35.3 Å². The zero-order valence-corrected chi connectivity index (χ0v) is 13.0. The Balaban J connectivity index is 2.05. The molecule has 0 atom stereocenters. The zero-order chi connectivity index (χ0) is 15.4. The Morgan fingerprint density at radius 1 is 1.38 bits per heavy atom. The number of hydrogen-bond donors (Lipinski definition) is 2. The molecule has 1 aromatic carbocycles. The lowest BCUT2D eigenvalue weighted by molar-refractivity contribution is 0.0950. The molecule has 2 aromatic rings. The van der Waals surface area contributed by atoms with Crippen LogP contribution in [0.15, 0.2) is 29.4 Å². The SMILES string of the molecule is CC(C)c1cc(C(=O)N/N=C\c2c(Cl)cccc2Cl)n[nH]1. The van der Waals surface area contributed by atoms with Gasteiger partial charge in [0.15, 0.2) is 5.69 Å². The summed E-state index contributed by atoms with van der Waals surface area (Å²) in [5.41, 5.74) is 4.10. The van der Waals surface area contributed by atoms with E-state index < -0.39 is 5.91 Å². The van der Waals surface area contributed by atoms with Gasteiger partial charge in [0.05, 0.1) is 16.3 Å². The van der Waals surface area contributed by atoms with Crippen molar-refractivity contribution < 1.29 is 4.79 Å². The van der Waals surface area contributed by atoms with Crippen molar-refractivity contribution in [3.8, 4) is 0 Å². The van der Waals surface area contributed by atoms with Crippen molar-refractivity contribution in [1.82, 2.24) is 15.6 Å². The van der Waals surface area contributed by atoms with Crippen LogP contribution in [-0.4, -0.2) is 22.3 Å². The first-order valence-corrected chi connectivity index (χ1v) is 7.07. The molecule has 0 aliphatic carbocycles. The molecule has 0 radical (unpaired) electrons. The average molecular weight is 325 g/mol. The molecule has 0 aliphatic rings. The number of nitrogens with zero attached hydrogens (tertiary/aromatic N) is 2. The first-order valence-electron chi connectivity index (χ1n) is 6.31. The highest BCUT2D eigenvalue weighted by molar-refractivity contribution is 6.38. The van der Waals surface area contributed by atoms with Gasteiger partial charge in [-0.15, -0.1) is 0 Å². The predicted molar refractivity (Wildman–Crippen MR) is 84.2 cm³/mol. The number of amides is 1. The molecule has 0 saturated carbocycles. The standard InChI is InChI=1S/C14H14Cl2N4O/c1-8(2)12-6-13(19-18-12)14(21)20-17-7-9-10(15)4-3-5-11(9)16/h3-8H,1-2H3,(H,18,19)(H,20,21)/b17-7-. The third-order valence-electron chi connectivity index (χ3n) is 2.81. The van der Waals surface area contributed by atoms with Crippen molar-refractivity contribution in [1.29, 1.82) is 0 Å². The Morgan fingerprint density at radius 3 is 2.62 bits per heavy atom. The number of rotatable bonds is 4. The van der Waals surface area contributed by atoms with Gasteiger partial charge in [-0.1, -0.05) is 43.1 Å². The van der Waals surface area contributed by atoms with Gasteiger partial charge in [0, 0.05) is 11.3 Å². The van der Waals surface area contributed by atoms with Crippen molar-refractivity contribution in [3.05, 3.63) is 51.3 Å². The van der Waals surface area contributed by atoms with Crippen LogP contribution < -0.4 is 5.43 Å². The lowest BCUT2D eigenvalue weighted by Crippen LogP contribution is -2.18. The fraction of sp³-hybridized carbons (Fsp3) is 0.214. The van der Waals surface area contributed by atoms with E-state index in [-0.39, 0.29) is 11.6 Å². The third-order valence-corrected chi connectivity index (χ3v) is 3.47. The molecule has 0 fully saturated rings. The second-order valence-corrected chi connectivity index (χ2v) is 5.51. The third kappa shape index (κ3) is 3.83. The maximum Gasteiger partial charge on any atom is 0.291 e. The van der Waals surface area contributed by atoms with E-state index in [1.54, 1.807) is 24.3 Å². The van der Waals surface area contributed by atoms with Crippen molar-refractivity contribution in [2.75, 3.05) is 0 Å². The minimum atomic E-state index is -0.405. The van der Waals surface area contributed by atoms with Crippen LogP contribution in [0.5, 0.6) is 0 Å². The van der Waals surface area contributed by atoms with Gasteiger partial charge in [0.1, 0.15) is 0 Å².